The molecule has 0 aromatic heterocycles. The lowest BCUT2D eigenvalue weighted by Crippen LogP contribution is -2.25. The third-order valence-electron chi connectivity index (χ3n) is 5.19. The zero-order valence-electron chi connectivity index (χ0n) is 16.6. The van der Waals surface area contributed by atoms with Crippen LogP contribution in [0.2, 0.25) is 0 Å². The van der Waals surface area contributed by atoms with Gasteiger partial charge >= 0.3 is 0 Å². The van der Waals surface area contributed by atoms with Gasteiger partial charge in [0.1, 0.15) is 11.5 Å². The molecule has 1 atom stereocenters. The molecule has 1 aliphatic heterocycles. The summed E-state index contributed by atoms with van der Waals surface area (Å²) in [6.45, 7) is 5.37. The fourth-order valence-electron chi connectivity index (χ4n) is 3.79. The fourth-order valence-corrected chi connectivity index (χ4v) is 4.32. The molecular weight excluding hydrogens is 364 g/mol. The van der Waals surface area contributed by atoms with Crippen LogP contribution < -0.4 is 10.2 Å². The van der Waals surface area contributed by atoms with Gasteiger partial charge in [0.15, 0.2) is 0 Å². The summed E-state index contributed by atoms with van der Waals surface area (Å²) in [4.78, 5) is 0. The lowest BCUT2D eigenvalue weighted by molar-refractivity contribution is 0.420. The van der Waals surface area contributed by atoms with Crippen LogP contribution in [0.25, 0.3) is 11.1 Å². The number of nitrogens with one attached hydrogen (secondary N) is 1. The van der Waals surface area contributed by atoms with Crippen LogP contribution in [0.15, 0.2) is 66.7 Å². The molecule has 0 bridgehead atoms. The van der Waals surface area contributed by atoms with Gasteiger partial charge in [0.2, 0.25) is 0 Å². The second-order valence-corrected chi connectivity index (χ2v) is 8.04. The van der Waals surface area contributed by atoms with Crippen LogP contribution in [0.1, 0.15) is 29.2 Å². The van der Waals surface area contributed by atoms with Gasteiger partial charge in [0, 0.05) is 12.6 Å². The fraction of sp³-hybridized carbons (Fsp3) is 0.250. The van der Waals surface area contributed by atoms with E-state index in [0.29, 0.717) is 6.04 Å². The van der Waals surface area contributed by atoms with Crippen molar-refractivity contribution in [3.05, 3.63) is 83.4 Å². The standard InChI is InChI=1S/C24H26N2OS/c1-17-9-11-21(18(2)15-17)23-16-20(27-19-7-5-4-6-8-19)10-12-22(23)24-13-14-26(25-24)28-3/h4-12,15-16,24-25H,13-14H2,1-3H3. The first kappa shape index (κ1) is 19.1. The molecule has 3 aromatic rings. The second-order valence-electron chi connectivity index (χ2n) is 7.24. The summed E-state index contributed by atoms with van der Waals surface area (Å²) in [5, 5.41) is 0. The van der Waals surface area contributed by atoms with E-state index in [1.165, 1.54) is 27.8 Å². The zero-order valence-corrected chi connectivity index (χ0v) is 17.4. The molecule has 0 radical (unpaired) electrons. The maximum atomic E-state index is 6.13. The van der Waals surface area contributed by atoms with E-state index < -0.39 is 0 Å². The Morgan fingerprint density at radius 2 is 1.75 bits per heavy atom. The Labute approximate surface area is 171 Å². The minimum atomic E-state index is 0.314. The summed E-state index contributed by atoms with van der Waals surface area (Å²) in [7, 11) is 0. The van der Waals surface area contributed by atoms with Crippen molar-refractivity contribution in [3.63, 3.8) is 0 Å². The highest BCUT2D eigenvalue weighted by atomic mass is 32.2. The van der Waals surface area contributed by atoms with Gasteiger partial charge in [-0.15, -0.1) is 0 Å². The van der Waals surface area contributed by atoms with Gasteiger partial charge < -0.3 is 4.74 Å². The largest absolute Gasteiger partial charge is 0.457 e. The number of nitrogens with zero attached hydrogens (tertiary/aromatic N) is 1. The topological polar surface area (TPSA) is 24.5 Å². The van der Waals surface area contributed by atoms with Gasteiger partial charge in [0.05, 0.1) is 0 Å². The molecule has 144 valence electrons. The Bertz CT molecular complexity index is 958. The third kappa shape index (κ3) is 4.09. The van der Waals surface area contributed by atoms with Gasteiger partial charge in [-0.05, 0) is 73.0 Å². The van der Waals surface area contributed by atoms with Crippen molar-refractivity contribution in [2.45, 2.75) is 26.3 Å². The van der Waals surface area contributed by atoms with E-state index in [-0.39, 0.29) is 0 Å². The molecule has 4 heteroatoms. The number of hydrazine groups is 1. The molecule has 0 saturated carbocycles. The van der Waals surface area contributed by atoms with E-state index in [1.54, 1.807) is 11.9 Å². The molecule has 3 aromatic carbocycles. The minimum Gasteiger partial charge on any atom is -0.457 e. The second kappa shape index (κ2) is 8.39. The van der Waals surface area contributed by atoms with E-state index in [1.807, 2.05) is 30.3 Å². The Hall–Kier alpha value is -2.27. The normalized spacial score (nSPS) is 17.0. The summed E-state index contributed by atoms with van der Waals surface area (Å²) >= 11 is 1.74. The van der Waals surface area contributed by atoms with Crippen molar-refractivity contribution >= 4 is 11.9 Å². The van der Waals surface area contributed by atoms with Crippen LogP contribution in [-0.2, 0) is 0 Å². The number of hydrogen-bond acceptors (Lipinski definition) is 4. The van der Waals surface area contributed by atoms with Crippen molar-refractivity contribution in [3.8, 4) is 22.6 Å². The molecule has 4 rings (SSSR count). The molecule has 1 N–H and O–H groups in total. The molecule has 3 nitrogen and oxygen atoms in total. The first-order chi connectivity index (χ1) is 13.6. The lowest BCUT2D eigenvalue weighted by Gasteiger charge is -2.20. The smallest absolute Gasteiger partial charge is 0.128 e. The van der Waals surface area contributed by atoms with Gasteiger partial charge in [-0.3, -0.25) is 0 Å². The Kier molecular flexibility index (Phi) is 5.72. The van der Waals surface area contributed by atoms with Gasteiger partial charge in [-0.2, -0.15) is 4.41 Å². The number of aryl methyl sites for hydroxylation is 2. The number of ether oxygens (including phenoxy) is 1. The quantitative estimate of drug-likeness (QED) is 0.517. The highest BCUT2D eigenvalue weighted by molar-refractivity contribution is 7.96. The third-order valence-corrected chi connectivity index (χ3v) is 5.92. The number of rotatable bonds is 5. The highest BCUT2D eigenvalue weighted by Crippen LogP contribution is 2.38. The molecule has 1 saturated heterocycles. The van der Waals surface area contributed by atoms with E-state index in [0.717, 1.165) is 24.5 Å². The first-order valence-corrected chi connectivity index (χ1v) is 10.8. The Balaban J connectivity index is 1.75. The summed E-state index contributed by atoms with van der Waals surface area (Å²) in [5.41, 5.74) is 10.0. The number of para-hydroxylation sites is 1. The maximum Gasteiger partial charge on any atom is 0.128 e. The van der Waals surface area contributed by atoms with Crippen molar-refractivity contribution in [2.75, 3.05) is 12.8 Å². The molecule has 28 heavy (non-hydrogen) atoms. The molecule has 0 amide bonds. The van der Waals surface area contributed by atoms with E-state index in [9.17, 15) is 0 Å². The molecule has 1 aliphatic rings. The predicted molar refractivity (Wildman–Crippen MR) is 119 cm³/mol. The summed E-state index contributed by atoms with van der Waals surface area (Å²) in [5.74, 6) is 1.72. The molecule has 1 unspecified atom stereocenters. The SMILES string of the molecule is CSN1CCC(c2ccc(Oc3ccccc3)cc2-c2ccc(C)cc2C)N1. The zero-order chi connectivity index (χ0) is 19.5. The molecule has 0 aliphatic carbocycles. The molecule has 1 fully saturated rings. The first-order valence-electron chi connectivity index (χ1n) is 9.66. The number of benzene rings is 3. The van der Waals surface area contributed by atoms with E-state index in [2.05, 4.69) is 66.3 Å². The van der Waals surface area contributed by atoms with Crippen LogP contribution in [0.5, 0.6) is 11.5 Å². The van der Waals surface area contributed by atoms with Crippen LogP contribution in [-0.4, -0.2) is 17.2 Å². The minimum absolute atomic E-state index is 0.314. The molecule has 1 heterocycles. The summed E-state index contributed by atoms with van der Waals surface area (Å²) < 4.78 is 8.34. The van der Waals surface area contributed by atoms with Crippen molar-refractivity contribution in [2.24, 2.45) is 0 Å². The van der Waals surface area contributed by atoms with Crippen LogP contribution in [0.3, 0.4) is 0 Å². The van der Waals surface area contributed by atoms with Crippen LogP contribution in [0, 0.1) is 13.8 Å². The predicted octanol–water partition coefficient (Wildman–Crippen LogP) is 6.29. The lowest BCUT2D eigenvalue weighted by atomic mass is 9.91. The van der Waals surface area contributed by atoms with Gasteiger partial charge in [0.25, 0.3) is 0 Å². The average molecular weight is 391 g/mol. The van der Waals surface area contributed by atoms with Crippen molar-refractivity contribution in [1.82, 2.24) is 9.84 Å². The van der Waals surface area contributed by atoms with Crippen LogP contribution >= 0.6 is 11.9 Å². The van der Waals surface area contributed by atoms with Crippen molar-refractivity contribution in [1.29, 1.82) is 0 Å². The van der Waals surface area contributed by atoms with Crippen molar-refractivity contribution < 1.29 is 4.74 Å². The monoisotopic (exact) mass is 390 g/mol. The summed E-state index contributed by atoms with van der Waals surface area (Å²) in [6.07, 6.45) is 3.20. The van der Waals surface area contributed by atoms with Gasteiger partial charge in [-0.1, -0.05) is 60.0 Å². The van der Waals surface area contributed by atoms with Crippen LogP contribution in [0.4, 0.5) is 0 Å². The summed E-state index contributed by atoms with van der Waals surface area (Å²) in [6, 6.07) is 23.4. The molecule has 0 spiro atoms. The maximum absolute atomic E-state index is 6.13. The van der Waals surface area contributed by atoms with Gasteiger partial charge in [-0.25, -0.2) is 5.43 Å². The number of hydrogen-bond donors (Lipinski definition) is 1. The average Bonchev–Trinajstić information content (AvgIpc) is 3.18. The highest BCUT2D eigenvalue weighted by Gasteiger charge is 2.25. The Morgan fingerprint density at radius 1 is 0.929 bits per heavy atom. The van der Waals surface area contributed by atoms with E-state index >= 15 is 0 Å². The van der Waals surface area contributed by atoms with E-state index in [4.69, 9.17) is 4.74 Å². The Morgan fingerprint density at radius 3 is 2.46 bits per heavy atom. The molecular formula is C24H26N2OS.